The maximum absolute atomic E-state index is 11.5. The topological polar surface area (TPSA) is 78.8 Å². The first-order valence-corrected chi connectivity index (χ1v) is 4.88. The van der Waals surface area contributed by atoms with E-state index in [9.17, 15) is 4.79 Å². The van der Waals surface area contributed by atoms with E-state index >= 15 is 0 Å². The minimum absolute atomic E-state index is 0.212. The summed E-state index contributed by atoms with van der Waals surface area (Å²) >= 11 is 0. The van der Waals surface area contributed by atoms with Crippen LogP contribution in [0.4, 0.5) is 0 Å². The van der Waals surface area contributed by atoms with E-state index in [1.807, 2.05) is 0 Å². The minimum atomic E-state index is -1.51. The molecule has 0 saturated carbocycles. The van der Waals surface area contributed by atoms with Crippen molar-refractivity contribution in [2.75, 3.05) is 20.3 Å². The summed E-state index contributed by atoms with van der Waals surface area (Å²) in [5.41, 5.74) is 0.828. The standard InChI is InChI=1S/C10H14BNO4/c1-16-7-6-12-10(13)8-2-4-9(5-3-8)11(14)15/h2-5,14-15H,6-7H2,1H3,(H,12,13). The van der Waals surface area contributed by atoms with Gasteiger partial charge in [-0.3, -0.25) is 4.79 Å². The van der Waals surface area contributed by atoms with E-state index in [1.165, 1.54) is 24.3 Å². The Bertz CT molecular complexity index is 339. The van der Waals surface area contributed by atoms with Gasteiger partial charge in [0.2, 0.25) is 0 Å². The molecule has 16 heavy (non-hydrogen) atoms. The van der Waals surface area contributed by atoms with Crippen LogP contribution in [-0.4, -0.2) is 43.3 Å². The lowest BCUT2D eigenvalue weighted by Crippen LogP contribution is -2.31. The molecule has 0 bridgehead atoms. The van der Waals surface area contributed by atoms with Crippen LogP contribution in [0.15, 0.2) is 24.3 Å². The van der Waals surface area contributed by atoms with Gasteiger partial charge in [-0.1, -0.05) is 12.1 Å². The van der Waals surface area contributed by atoms with Gasteiger partial charge in [-0.15, -0.1) is 0 Å². The van der Waals surface area contributed by atoms with E-state index in [0.29, 0.717) is 24.2 Å². The van der Waals surface area contributed by atoms with E-state index in [2.05, 4.69) is 5.32 Å². The molecule has 0 atom stereocenters. The van der Waals surface area contributed by atoms with Gasteiger partial charge in [0.05, 0.1) is 6.61 Å². The highest BCUT2D eigenvalue weighted by molar-refractivity contribution is 6.58. The van der Waals surface area contributed by atoms with Crippen LogP contribution in [0.2, 0.25) is 0 Å². The molecule has 0 saturated heterocycles. The Morgan fingerprint density at radius 2 is 2.00 bits per heavy atom. The summed E-state index contributed by atoms with van der Waals surface area (Å²) in [6, 6.07) is 6.07. The molecule has 0 heterocycles. The molecule has 0 aliphatic rings. The lowest BCUT2D eigenvalue weighted by Gasteiger charge is -2.05. The SMILES string of the molecule is COCCNC(=O)c1ccc(B(O)O)cc1. The zero-order valence-electron chi connectivity index (χ0n) is 9.01. The normalized spacial score (nSPS) is 9.94. The smallest absolute Gasteiger partial charge is 0.423 e. The molecule has 1 aromatic carbocycles. The van der Waals surface area contributed by atoms with Crippen molar-refractivity contribution in [1.82, 2.24) is 5.32 Å². The van der Waals surface area contributed by atoms with Gasteiger partial charge in [-0.05, 0) is 17.6 Å². The Hall–Kier alpha value is -1.37. The number of hydrogen-bond acceptors (Lipinski definition) is 4. The summed E-state index contributed by atoms with van der Waals surface area (Å²) < 4.78 is 4.80. The number of carbonyl (C=O) groups is 1. The van der Waals surface area contributed by atoms with E-state index in [1.54, 1.807) is 7.11 Å². The molecule has 1 rings (SSSR count). The highest BCUT2D eigenvalue weighted by atomic mass is 16.5. The van der Waals surface area contributed by atoms with Crippen LogP contribution in [0, 0.1) is 0 Å². The quantitative estimate of drug-likeness (QED) is 0.430. The second kappa shape index (κ2) is 6.27. The molecule has 0 fully saturated rings. The largest absolute Gasteiger partial charge is 0.488 e. The summed E-state index contributed by atoms with van der Waals surface area (Å²) in [4.78, 5) is 11.5. The molecule has 5 nitrogen and oxygen atoms in total. The van der Waals surface area contributed by atoms with Crippen molar-refractivity contribution in [1.29, 1.82) is 0 Å². The highest BCUT2D eigenvalue weighted by Gasteiger charge is 2.11. The fraction of sp³-hybridized carbons (Fsp3) is 0.300. The number of methoxy groups -OCH3 is 1. The Morgan fingerprint density at radius 3 is 2.50 bits per heavy atom. The average molecular weight is 223 g/mol. The van der Waals surface area contributed by atoms with Gasteiger partial charge in [0, 0.05) is 19.2 Å². The number of hydrogen-bond donors (Lipinski definition) is 3. The highest BCUT2D eigenvalue weighted by Crippen LogP contribution is 1.96. The molecule has 1 aromatic rings. The van der Waals surface area contributed by atoms with Crippen LogP contribution in [0.5, 0.6) is 0 Å². The Balaban J connectivity index is 2.56. The molecular weight excluding hydrogens is 209 g/mol. The minimum Gasteiger partial charge on any atom is -0.423 e. The van der Waals surface area contributed by atoms with Crippen molar-refractivity contribution in [2.45, 2.75) is 0 Å². The van der Waals surface area contributed by atoms with Crippen LogP contribution in [-0.2, 0) is 4.74 Å². The second-order valence-electron chi connectivity index (χ2n) is 3.24. The first-order chi connectivity index (χ1) is 7.65. The third-order valence-corrected chi connectivity index (χ3v) is 2.06. The predicted octanol–water partition coefficient (Wildman–Crippen LogP) is -1.26. The molecule has 0 unspecified atom stereocenters. The summed E-state index contributed by atoms with van der Waals surface area (Å²) in [6.07, 6.45) is 0. The van der Waals surface area contributed by atoms with Crippen molar-refractivity contribution in [3.63, 3.8) is 0 Å². The number of benzene rings is 1. The van der Waals surface area contributed by atoms with Gasteiger partial charge in [-0.2, -0.15) is 0 Å². The summed E-state index contributed by atoms with van der Waals surface area (Å²) in [6.45, 7) is 0.902. The van der Waals surface area contributed by atoms with Gasteiger partial charge in [0.15, 0.2) is 0 Å². The molecule has 86 valence electrons. The van der Waals surface area contributed by atoms with Gasteiger partial charge in [-0.25, -0.2) is 0 Å². The third-order valence-electron chi connectivity index (χ3n) is 2.06. The molecule has 0 spiro atoms. The van der Waals surface area contributed by atoms with Gasteiger partial charge >= 0.3 is 7.12 Å². The van der Waals surface area contributed by atoms with Crippen molar-refractivity contribution < 1.29 is 19.6 Å². The van der Waals surface area contributed by atoms with Gasteiger partial charge < -0.3 is 20.1 Å². The fourth-order valence-corrected chi connectivity index (χ4v) is 1.18. The molecule has 0 aliphatic heterocycles. The zero-order valence-corrected chi connectivity index (χ0v) is 9.01. The van der Waals surface area contributed by atoms with Gasteiger partial charge in [0.25, 0.3) is 5.91 Å². The van der Waals surface area contributed by atoms with Crippen molar-refractivity contribution in [3.8, 4) is 0 Å². The van der Waals surface area contributed by atoms with E-state index in [4.69, 9.17) is 14.8 Å². The van der Waals surface area contributed by atoms with Crippen molar-refractivity contribution in [2.24, 2.45) is 0 Å². The fourth-order valence-electron chi connectivity index (χ4n) is 1.18. The van der Waals surface area contributed by atoms with Crippen LogP contribution >= 0.6 is 0 Å². The maximum atomic E-state index is 11.5. The number of nitrogens with one attached hydrogen (secondary N) is 1. The second-order valence-corrected chi connectivity index (χ2v) is 3.24. The summed E-state index contributed by atoms with van der Waals surface area (Å²) in [5, 5.41) is 20.4. The van der Waals surface area contributed by atoms with E-state index < -0.39 is 7.12 Å². The number of carbonyl (C=O) groups excluding carboxylic acids is 1. The zero-order chi connectivity index (χ0) is 12.0. The van der Waals surface area contributed by atoms with Gasteiger partial charge in [0.1, 0.15) is 0 Å². The number of ether oxygens (including phenoxy) is 1. The number of rotatable bonds is 5. The Kier molecular flexibility index (Phi) is 4.98. The van der Waals surface area contributed by atoms with Crippen molar-refractivity contribution in [3.05, 3.63) is 29.8 Å². The summed E-state index contributed by atoms with van der Waals surface area (Å²) in [5.74, 6) is -0.212. The van der Waals surface area contributed by atoms with Crippen molar-refractivity contribution >= 4 is 18.5 Å². The molecule has 3 N–H and O–H groups in total. The first-order valence-electron chi connectivity index (χ1n) is 4.88. The molecule has 0 radical (unpaired) electrons. The Labute approximate surface area is 94.2 Å². The molecule has 0 aromatic heterocycles. The lowest BCUT2D eigenvalue weighted by atomic mass is 9.80. The molecule has 1 amide bonds. The van der Waals surface area contributed by atoms with E-state index in [-0.39, 0.29) is 5.91 Å². The van der Waals surface area contributed by atoms with E-state index in [0.717, 1.165) is 0 Å². The lowest BCUT2D eigenvalue weighted by molar-refractivity contribution is 0.0937. The van der Waals surface area contributed by atoms with Crippen LogP contribution in [0.25, 0.3) is 0 Å². The summed E-state index contributed by atoms with van der Waals surface area (Å²) in [7, 11) is 0.0504. The van der Waals surface area contributed by atoms with Crippen LogP contribution in [0.3, 0.4) is 0 Å². The Morgan fingerprint density at radius 1 is 1.38 bits per heavy atom. The average Bonchev–Trinajstić information content (AvgIpc) is 2.29. The number of amides is 1. The maximum Gasteiger partial charge on any atom is 0.488 e. The molecular formula is C10H14BNO4. The predicted molar refractivity (Wildman–Crippen MR) is 60.5 cm³/mol. The van der Waals surface area contributed by atoms with Crippen LogP contribution < -0.4 is 10.8 Å². The molecule has 6 heteroatoms. The van der Waals surface area contributed by atoms with Crippen LogP contribution in [0.1, 0.15) is 10.4 Å². The molecule has 0 aliphatic carbocycles. The third kappa shape index (κ3) is 3.65. The first kappa shape index (κ1) is 12.7. The monoisotopic (exact) mass is 223 g/mol.